The lowest BCUT2D eigenvalue weighted by atomic mass is 10.1. The predicted molar refractivity (Wildman–Crippen MR) is 81.0 cm³/mol. The summed E-state index contributed by atoms with van der Waals surface area (Å²) < 4.78 is 1.52. The van der Waals surface area contributed by atoms with E-state index in [2.05, 4.69) is 15.7 Å². The molecular weight excluding hydrogens is 268 g/mol. The number of rotatable bonds is 5. The number of anilines is 1. The van der Waals surface area contributed by atoms with Crippen LogP contribution < -0.4 is 10.6 Å². The molecule has 1 saturated carbocycles. The third-order valence-electron chi connectivity index (χ3n) is 3.91. The van der Waals surface area contributed by atoms with Crippen molar-refractivity contribution in [3.05, 3.63) is 11.8 Å². The zero-order valence-electron chi connectivity index (χ0n) is 13.0. The van der Waals surface area contributed by atoms with Crippen molar-refractivity contribution in [1.29, 1.82) is 0 Å². The van der Waals surface area contributed by atoms with Crippen LogP contribution >= 0.6 is 0 Å². The normalized spacial score (nSPS) is 15.4. The van der Waals surface area contributed by atoms with Crippen LogP contribution in [0, 0.1) is 11.8 Å². The Morgan fingerprint density at radius 1 is 1.38 bits per heavy atom. The highest BCUT2D eigenvalue weighted by molar-refractivity contribution is 5.95. The largest absolute Gasteiger partial charge is 0.350 e. The summed E-state index contributed by atoms with van der Waals surface area (Å²) in [5.41, 5.74) is 0.342. The smallest absolute Gasteiger partial charge is 0.271 e. The van der Waals surface area contributed by atoms with Gasteiger partial charge in [-0.2, -0.15) is 5.10 Å². The summed E-state index contributed by atoms with van der Waals surface area (Å²) in [5, 5.41) is 9.85. The number of amides is 2. The molecule has 0 atom stereocenters. The third kappa shape index (κ3) is 4.06. The fourth-order valence-corrected chi connectivity index (χ4v) is 2.51. The summed E-state index contributed by atoms with van der Waals surface area (Å²) in [6, 6.07) is 1.62. The molecule has 0 saturated heterocycles. The molecule has 0 aromatic carbocycles. The van der Waals surface area contributed by atoms with Gasteiger partial charge in [0.15, 0.2) is 5.69 Å². The fraction of sp³-hybridized carbons (Fsp3) is 0.667. The number of nitrogens with one attached hydrogen (secondary N) is 2. The molecule has 2 amide bonds. The van der Waals surface area contributed by atoms with Gasteiger partial charge >= 0.3 is 0 Å². The monoisotopic (exact) mass is 292 g/mol. The number of aryl methyl sites for hydroxylation is 1. The SMILES string of the molecule is CC(C)C(=O)Nc1cc(C(=O)NCC2CCCC2)nn1C. The quantitative estimate of drug-likeness (QED) is 0.870. The van der Waals surface area contributed by atoms with Crippen LogP contribution in [0.3, 0.4) is 0 Å². The third-order valence-corrected chi connectivity index (χ3v) is 3.91. The van der Waals surface area contributed by atoms with Crippen molar-refractivity contribution in [2.75, 3.05) is 11.9 Å². The van der Waals surface area contributed by atoms with Gasteiger partial charge in [-0.25, -0.2) is 0 Å². The molecule has 0 bridgehead atoms. The van der Waals surface area contributed by atoms with Crippen LogP contribution in [0.25, 0.3) is 0 Å². The minimum atomic E-state index is -0.178. The Hall–Kier alpha value is -1.85. The molecule has 6 nitrogen and oxygen atoms in total. The molecule has 1 aromatic heterocycles. The number of carbonyl (C=O) groups excluding carboxylic acids is 2. The molecule has 1 heterocycles. The summed E-state index contributed by atoms with van der Waals surface area (Å²) in [5.74, 6) is 0.760. The van der Waals surface area contributed by atoms with E-state index in [0.29, 0.717) is 24.0 Å². The summed E-state index contributed by atoms with van der Waals surface area (Å²) in [4.78, 5) is 23.8. The highest BCUT2D eigenvalue weighted by Crippen LogP contribution is 2.23. The summed E-state index contributed by atoms with van der Waals surface area (Å²) >= 11 is 0. The topological polar surface area (TPSA) is 76.0 Å². The number of aromatic nitrogens is 2. The summed E-state index contributed by atoms with van der Waals surface area (Å²) in [6.07, 6.45) is 4.90. The van der Waals surface area contributed by atoms with Crippen LogP contribution in [0.5, 0.6) is 0 Å². The molecule has 0 radical (unpaired) electrons. The number of carbonyl (C=O) groups is 2. The van der Waals surface area contributed by atoms with E-state index in [0.717, 1.165) is 0 Å². The number of nitrogens with zero attached hydrogens (tertiary/aromatic N) is 2. The minimum Gasteiger partial charge on any atom is -0.350 e. The van der Waals surface area contributed by atoms with Crippen LogP contribution in [0.2, 0.25) is 0 Å². The first-order chi connectivity index (χ1) is 9.97. The van der Waals surface area contributed by atoms with Crippen molar-refractivity contribution in [3.8, 4) is 0 Å². The Bertz CT molecular complexity index is 516. The van der Waals surface area contributed by atoms with E-state index in [4.69, 9.17) is 0 Å². The Kier molecular flexibility index (Phi) is 4.98. The number of hydrogen-bond donors (Lipinski definition) is 2. The van der Waals surface area contributed by atoms with E-state index < -0.39 is 0 Å². The second kappa shape index (κ2) is 6.74. The highest BCUT2D eigenvalue weighted by atomic mass is 16.2. The molecule has 2 rings (SSSR count). The van der Waals surface area contributed by atoms with E-state index in [-0.39, 0.29) is 17.7 Å². The van der Waals surface area contributed by atoms with Gasteiger partial charge < -0.3 is 10.6 Å². The van der Waals surface area contributed by atoms with Crippen molar-refractivity contribution in [2.45, 2.75) is 39.5 Å². The number of hydrogen-bond acceptors (Lipinski definition) is 3. The highest BCUT2D eigenvalue weighted by Gasteiger charge is 2.19. The van der Waals surface area contributed by atoms with Gasteiger partial charge in [-0.05, 0) is 18.8 Å². The molecule has 0 unspecified atom stereocenters. The summed E-state index contributed by atoms with van der Waals surface area (Å²) in [6.45, 7) is 4.35. The molecule has 0 spiro atoms. The molecule has 116 valence electrons. The second-order valence-corrected chi connectivity index (χ2v) is 6.04. The van der Waals surface area contributed by atoms with Gasteiger partial charge in [0.1, 0.15) is 5.82 Å². The Morgan fingerprint density at radius 2 is 2.05 bits per heavy atom. The molecule has 0 aliphatic heterocycles. The second-order valence-electron chi connectivity index (χ2n) is 6.04. The minimum absolute atomic E-state index is 0.0871. The first kappa shape index (κ1) is 15.5. The van der Waals surface area contributed by atoms with Gasteiger partial charge in [0.2, 0.25) is 5.91 Å². The molecule has 1 aromatic rings. The van der Waals surface area contributed by atoms with Crippen molar-refractivity contribution < 1.29 is 9.59 Å². The van der Waals surface area contributed by atoms with Crippen LogP contribution in [0.15, 0.2) is 6.07 Å². The van der Waals surface area contributed by atoms with Crippen LogP contribution in [0.1, 0.15) is 50.0 Å². The van der Waals surface area contributed by atoms with Crippen LogP contribution in [-0.2, 0) is 11.8 Å². The fourth-order valence-electron chi connectivity index (χ4n) is 2.51. The molecule has 6 heteroatoms. The summed E-state index contributed by atoms with van der Waals surface area (Å²) in [7, 11) is 1.71. The van der Waals surface area contributed by atoms with E-state index in [1.54, 1.807) is 13.1 Å². The van der Waals surface area contributed by atoms with E-state index in [9.17, 15) is 9.59 Å². The standard InChI is InChI=1S/C15H24N4O2/c1-10(2)14(20)17-13-8-12(18-19(13)3)15(21)16-9-11-6-4-5-7-11/h8,10-11H,4-7,9H2,1-3H3,(H,16,21)(H,17,20). The lowest BCUT2D eigenvalue weighted by molar-refractivity contribution is -0.118. The lowest BCUT2D eigenvalue weighted by Crippen LogP contribution is -2.28. The first-order valence-corrected chi connectivity index (χ1v) is 7.60. The van der Waals surface area contributed by atoms with Crippen molar-refractivity contribution in [1.82, 2.24) is 15.1 Å². The Labute approximate surface area is 125 Å². The van der Waals surface area contributed by atoms with Crippen molar-refractivity contribution in [3.63, 3.8) is 0 Å². The van der Waals surface area contributed by atoms with Gasteiger partial charge in [0.25, 0.3) is 5.91 Å². The lowest BCUT2D eigenvalue weighted by Gasteiger charge is -2.08. The van der Waals surface area contributed by atoms with Crippen molar-refractivity contribution >= 4 is 17.6 Å². The maximum absolute atomic E-state index is 12.1. The Balaban J connectivity index is 1.93. The van der Waals surface area contributed by atoms with Gasteiger partial charge in [-0.15, -0.1) is 0 Å². The molecule has 21 heavy (non-hydrogen) atoms. The molecule has 2 N–H and O–H groups in total. The van der Waals surface area contributed by atoms with E-state index >= 15 is 0 Å². The van der Waals surface area contributed by atoms with Gasteiger partial charge in [0, 0.05) is 25.6 Å². The molecular formula is C15H24N4O2. The maximum atomic E-state index is 12.1. The van der Waals surface area contributed by atoms with E-state index in [1.807, 2.05) is 13.8 Å². The predicted octanol–water partition coefficient (Wildman–Crippen LogP) is 1.93. The zero-order chi connectivity index (χ0) is 15.4. The average Bonchev–Trinajstić information content (AvgIpc) is 3.06. The van der Waals surface area contributed by atoms with Crippen LogP contribution in [0.4, 0.5) is 5.82 Å². The zero-order valence-corrected chi connectivity index (χ0v) is 13.0. The Morgan fingerprint density at radius 3 is 2.67 bits per heavy atom. The maximum Gasteiger partial charge on any atom is 0.271 e. The van der Waals surface area contributed by atoms with Gasteiger partial charge in [-0.3, -0.25) is 14.3 Å². The first-order valence-electron chi connectivity index (χ1n) is 7.60. The average molecular weight is 292 g/mol. The molecule has 1 aliphatic carbocycles. The molecule has 1 aliphatic rings. The van der Waals surface area contributed by atoms with Crippen LogP contribution in [-0.4, -0.2) is 28.1 Å². The molecule has 1 fully saturated rings. The van der Waals surface area contributed by atoms with E-state index in [1.165, 1.54) is 30.4 Å². The van der Waals surface area contributed by atoms with Crippen molar-refractivity contribution in [2.24, 2.45) is 18.9 Å². The van der Waals surface area contributed by atoms with Gasteiger partial charge in [-0.1, -0.05) is 26.7 Å². The van der Waals surface area contributed by atoms with Gasteiger partial charge in [0.05, 0.1) is 0 Å².